The highest BCUT2D eigenvalue weighted by molar-refractivity contribution is 6.30. The lowest BCUT2D eigenvalue weighted by atomic mass is 10.2. The molecule has 1 aliphatic rings. The number of piperazine rings is 1. The zero-order chi connectivity index (χ0) is 16.9. The van der Waals surface area contributed by atoms with Gasteiger partial charge < -0.3 is 20.9 Å². The number of carbonyl (C=O) groups excluding carboxylic acids is 1. The van der Waals surface area contributed by atoms with Crippen LogP contribution in [0.5, 0.6) is 0 Å². The second-order valence-corrected chi connectivity index (χ2v) is 6.14. The van der Waals surface area contributed by atoms with E-state index >= 15 is 0 Å². The van der Waals surface area contributed by atoms with Crippen molar-refractivity contribution in [3.63, 3.8) is 0 Å². The standard InChI is InChI=1S/C17H20ClN5O/c18-14-3-1-13(2-4-14)11-21-17(24)23-9-7-22(8-10-23)15-5-6-16(19)20-12-15/h1-6,12H,7-11H2,(H2,19,20)(H,21,24). The van der Waals surface area contributed by atoms with Crippen LogP contribution in [0, 0.1) is 0 Å². The summed E-state index contributed by atoms with van der Waals surface area (Å²) in [4.78, 5) is 20.4. The third-order valence-electron chi connectivity index (χ3n) is 4.06. The molecule has 24 heavy (non-hydrogen) atoms. The van der Waals surface area contributed by atoms with Crippen molar-refractivity contribution in [2.75, 3.05) is 36.8 Å². The van der Waals surface area contributed by atoms with Gasteiger partial charge in [0.05, 0.1) is 11.9 Å². The lowest BCUT2D eigenvalue weighted by Crippen LogP contribution is -2.51. The number of rotatable bonds is 3. The quantitative estimate of drug-likeness (QED) is 0.895. The van der Waals surface area contributed by atoms with E-state index in [0.717, 1.165) is 24.3 Å². The number of anilines is 2. The highest BCUT2D eigenvalue weighted by Gasteiger charge is 2.21. The molecule has 1 aromatic heterocycles. The van der Waals surface area contributed by atoms with Crippen molar-refractivity contribution in [2.24, 2.45) is 0 Å². The molecular weight excluding hydrogens is 326 g/mol. The van der Waals surface area contributed by atoms with Crippen LogP contribution in [0.1, 0.15) is 5.56 Å². The molecule has 0 aliphatic carbocycles. The minimum Gasteiger partial charge on any atom is -0.384 e. The molecule has 2 amide bonds. The topological polar surface area (TPSA) is 74.5 Å². The van der Waals surface area contributed by atoms with Crippen LogP contribution >= 0.6 is 11.6 Å². The number of nitrogens with two attached hydrogens (primary N) is 1. The largest absolute Gasteiger partial charge is 0.384 e. The summed E-state index contributed by atoms with van der Waals surface area (Å²) in [7, 11) is 0. The molecule has 0 radical (unpaired) electrons. The Bertz CT molecular complexity index is 681. The zero-order valence-electron chi connectivity index (χ0n) is 13.3. The molecule has 126 valence electrons. The van der Waals surface area contributed by atoms with Crippen LogP contribution in [0.15, 0.2) is 42.6 Å². The summed E-state index contributed by atoms with van der Waals surface area (Å²) in [6, 6.07) is 11.2. The number of hydrogen-bond acceptors (Lipinski definition) is 4. The van der Waals surface area contributed by atoms with Crippen molar-refractivity contribution >= 4 is 29.1 Å². The van der Waals surface area contributed by atoms with Crippen molar-refractivity contribution in [1.82, 2.24) is 15.2 Å². The number of nitrogens with one attached hydrogen (secondary N) is 1. The normalized spacial score (nSPS) is 14.5. The first-order valence-electron chi connectivity index (χ1n) is 7.85. The summed E-state index contributed by atoms with van der Waals surface area (Å²) in [5, 5.41) is 3.64. The maximum Gasteiger partial charge on any atom is 0.317 e. The molecule has 0 atom stereocenters. The van der Waals surface area contributed by atoms with Crippen LogP contribution in [0.3, 0.4) is 0 Å². The van der Waals surface area contributed by atoms with Crippen LogP contribution < -0.4 is 16.0 Å². The predicted octanol–water partition coefficient (Wildman–Crippen LogP) is 2.35. The van der Waals surface area contributed by atoms with E-state index in [1.165, 1.54) is 0 Å². The molecule has 1 fully saturated rings. The number of nitrogen functional groups attached to an aromatic ring is 1. The maximum atomic E-state index is 12.3. The van der Waals surface area contributed by atoms with E-state index in [0.29, 0.717) is 30.5 Å². The van der Waals surface area contributed by atoms with E-state index in [-0.39, 0.29) is 6.03 Å². The van der Waals surface area contributed by atoms with Gasteiger partial charge in [0.25, 0.3) is 0 Å². The van der Waals surface area contributed by atoms with Gasteiger partial charge in [0, 0.05) is 37.7 Å². The van der Waals surface area contributed by atoms with Gasteiger partial charge in [-0.1, -0.05) is 23.7 Å². The number of nitrogens with zero attached hydrogens (tertiary/aromatic N) is 3. The first kappa shape index (κ1) is 16.4. The Balaban J connectivity index is 1.48. The second kappa shape index (κ2) is 7.40. The molecule has 1 aliphatic heterocycles. The molecule has 1 aromatic carbocycles. The minimum absolute atomic E-state index is 0.0416. The Kier molecular flexibility index (Phi) is 5.05. The van der Waals surface area contributed by atoms with E-state index in [2.05, 4.69) is 15.2 Å². The average molecular weight is 346 g/mol. The summed E-state index contributed by atoms with van der Waals surface area (Å²) in [5.74, 6) is 0.513. The smallest absolute Gasteiger partial charge is 0.317 e. The van der Waals surface area contributed by atoms with Gasteiger partial charge in [-0.25, -0.2) is 9.78 Å². The number of halogens is 1. The highest BCUT2D eigenvalue weighted by atomic mass is 35.5. The fourth-order valence-electron chi connectivity index (χ4n) is 2.64. The van der Waals surface area contributed by atoms with Gasteiger partial charge in [-0.3, -0.25) is 0 Å². The SMILES string of the molecule is Nc1ccc(N2CCN(C(=O)NCc3ccc(Cl)cc3)CC2)cn1. The molecule has 0 spiro atoms. The Morgan fingerprint density at radius 2 is 1.83 bits per heavy atom. The number of urea groups is 1. The van der Waals surface area contributed by atoms with Crippen LogP contribution in [0.4, 0.5) is 16.3 Å². The van der Waals surface area contributed by atoms with Gasteiger partial charge in [-0.15, -0.1) is 0 Å². The van der Waals surface area contributed by atoms with Gasteiger partial charge >= 0.3 is 6.03 Å². The Morgan fingerprint density at radius 3 is 2.46 bits per heavy atom. The molecule has 2 heterocycles. The molecule has 1 saturated heterocycles. The van der Waals surface area contributed by atoms with Crippen LogP contribution in [-0.4, -0.2) is 42.1 Å². The van der Waals surface area contributed by atoms with E-state index < -0.39 is 0 Å². The monoisotopic (exact) mass is 345 g/mol. The third-order valence-corrected chi connectivity index (χ3v) is 4.31. The Hall–Kier alpha value is -2.47. The molecule has 0 saturated carbocycles. The molecule has 7 heteroatoms. The van der Waals surface area contributed by atoms with Gasteiger partial charge in [0.2, 0.25) is 0 Å². The summed E-state index contributed by atoms with van der Waals surface area (Å²) in [6.07, 6.45) is 1.77. The van der Waals surface area contributed by atoms with E-state index in [1.807, 2.05) is 35.2 Å². The van der Waals surface area contributed by atoms with Gasteiger partial charge in [0.1, 0.15) is 5.82 Å². The molecule has 3 N–H and O–H groups in total. The minimum atomic E-state index is -0.0416. The lowest BCUT2D eigenvalue weighted by molar-refractivity contribution is 0.194. The Morgan fingerprint density at radius 1 is 1.12 bits per heavy atom. The molecular formula is C17H20ClN5O. The summed E-state index contributed by atoms with van der Waals surface area (Å²) in [6.45, 7) is 3.41. The van der Waals surface area contributed by atoms with Gasteiger partial charge in [-0.05, 0) is 29.8 Å². The lowest BCUT2D eigenvalue weighted by Gasteiger charge is -2.35. The molecule has 2 aromatic rings. The van der Waals surface area contributed by atoms with Crippen LogP contribution in [-0.2, 0) is 6.54 Å². The molecule has 0 bridgehead atoms. The highest BCUT2D eigenvalue weighted by Crippen LogP contribution is 2.16. The van der Waals surface area contributed by atoms with Gasteiger partial charge in [0.15, 0.2) is 0 Å². The van der Waals surface area contributed by atoms with Crippen LogP contribution in [0.25, 0.3) is 0 Å². The molecule has 3 rings (SSSR count). The van der Waals surface area contributed by atoms with Crippen molar-refractivity contribution in [3.05, 3.63) is 53.2 Å². The average Bonchev–Trinajstić information content (AvgIpc) is 2.62. The van der Waals surface area contributed by atoms with E-state index in [4.69, 9.17) is 17.3 Å². The van der Waals surface area contributed by atoms with Crippen molar-refractivity contribution in [3.8, 4) is 0 Å². The van der Waals surface area contributed by atoms with E-state index in [1.54, 1.807) is 12.3 Å². The van der Waals surface area contributed by atoms with Gasteiger partial charge in [-0.2, -0.15) is 0 Å². The van der Waals surface area contributed by atoms with Crippen LogP contribution in [0.2, 0.25) is 5.02 Å². The van der Waals surface area contributed by atoms with E-state index in [9.17, 15) is 4.79 Å². The fourth-order valence-corrected chi connectivity index (χ4v) is 2.77. The Labute approximate surface area is 146 Å². The van der Waals surface area contributed by atoms with Crippen molar-refractivity contribution < 1.29 is 4.79 Å². The predicted molar refractivity (Wildman–Crippen MR) is 96.1 cm³/mol. The van der Waals surface area contributed by atoms with Crippen molar-refractivity contribution in [1.29, 1.82) is 0 Å². The fraction of sp³-hybridized carbons (Fsp3) is 0.294. The number of amides is 2. The second-order valence-electron chi connectivity index (χ2n) is 5.70. The zero-order valence-corrected chi connectivity index (χ0v) is 14.0. The summed E-state index contributed by atoms with van der Waals surface area (Å²) in [5.41, 5.74) is 7.67. The number of benzene rings is 1. The first-order chi connectivity index (χ1) is 11.6. The number of pyridine rings is 1. The first-order valence-corrected chi connectivity index (χ1v) is 8.23. The summed E-state index contributed by atoms with van der Waals surface area (Å²) < 4.78 is 0. The number of aromatic nitrogens is 1. The summed E-state index contributed by atoms with van der Waals surface area (Å²) >= 11 is 5.86. The molecule has 6 nitrogen and oxygen atoms in total. The maximum absolute atomic E-state index is 12.3. The third kappa shape index (κ3) is 4.08. The number of hydrogen-bond donors (Lipinski definition) is 2. The molecule has 0 unspecified atom stereocenters. The van der Waals surface area contributed by atoms with Crippen molar-refractivity contribution in [2.45, 2.75) is 6.54 Å². The number of carbonyl (C=O) groups is 1.